The lowest BCUT2D eigenvalue weighted by atomic mass is 10.2. The van der Waals surface area contributed by atoms with Crippen LogP contribution in [0.4, 0.5) is 17.7 Å². The van der Waals surface area contributed by atoms with Crippen LogP contribution in [-0.2, 0) is 6.54 Å². The monoisotopic (exact) mass is 393 g/mol. The molecule has 4 rings (SSSR count). The lowest BCUT2D eigenvalue weighted by Crippen LogP contribution is -2.06. The molecule has 0 aliphatic heterocycles. The quantitative estimate of drug-likeness (QED) is 0.414. The third-order valence-electron chi connectivity index (χ3n) is 4.07. The largest absolute Gasteiger partial charge is 0.493 e. The van der Waals surface area contributed by atoms with Gasteiger partial charge in [-0.05, 0) is 29.8 Å². The summed E-state index contributed by atoms with van der Waals surface area (Å²) in [5.74, 6) is 3.39. The van der Waals surface area contributed by atoms with Gasteiger partial charge in [0.15, 0.2) is 23.1 Å². The van der Waals surface area contributed by atoms with Crippen molar-refractivity contribution >= 4 is 17.7 Å². The number of hydrogen-bond acceptors (Lipinski definition) is 9. The summed E-state index contributed by atoms with van der Waals surface area (Å²) < 4.78 is 15.9. The first-order chi connectivity index (χ1) is 14.2. The highest BCUT2D eigenvalue weighted by Gasteiger charge is 2.09. The minimum Gasteiger partial charge on any atom is -0.493 e. The number of hydrogen-bond donors (Lipinski definition) is 3. The Morgan fingerprint density at radius 1 is 1.03 bits per heavy atom. The van der Waals surface area contributed by atoms with Gasteiger partial charge in [-0.15, -0.1) is 0 Å². The minimum atomic E-state index is 0.368. The van der Waals surface area contributed by atoms with E-state index in [-0.39, 0.29) is 0 Å². The van der Waals surface area contributed by atoms with Gasteiger partial charge in [-0.25, -0.2) is 9.97 Å². The van der Waals surface area contributed by atoms with Crippen molar-refractivity contribution in [3.05, 3.63) is 54.6 Å². The first kappa shape index (κ1) is 18.3. The Labute approximate surface area is 166 Å². The third kappa shape index (κ3) is 4.26. The average molecular weight is 393 g/mol. The van der Waals surface area contributed by atoms with E-state index in [1.807, 2.05) is 30.3 Å². The molecular weight excluding hydrogens is 374 g/mol. The number of ether oxygens (including phenoxy) is 2. The fraction of sp³-hybridized carbons (Fsp3) is 0.158. The molecule has 148 valence electrons. The summed E-state index contributed by atoms with van der Waals surface area (Å²) in [5, 5.41) is 13.3. The summed E-state index contributed by atoms with van der Waals surface area (Å²) in [5.41, 5.74) is 1.74. The zero-order chi connectivity index (χ0) is 20.1. The molecule has 0 radical (unpaired) electrons. The molecule has 3 N–H and O–H groups in total. The normalized spacial score (nSPS) is 10.6. The van der Waals surface area contributed by atoms with E-state index in [9.17, 15) is 0 Å². The molecule has 1 aromatic carbocycles. The van der Waals surface area contributed by atoms with Crippen LogP contribution in [0.25, 0.3) is 11.5 Å². The topological polar surface area (TPSA) is 123 Å². The van der Waals surface area contributed by atoms with Crippen LogP contribution in [-0.4, -0.2) is 39.4 Å². The van der Waals surface area contributed by atoms with E-state index in [2.05, 4.69) is 35.8 Å². The van der Waals surface area contributed by atoms with Gasteiger partial charge in [0.05, 0.1) is 20.5 Å². The molecule has 3 aromatic heterocycles. The number of H-pyrrole nitrogens is 1. The van der Waals surface area contributed by atoms with E-state index < -0.39 is 0 Å². The Morgan fingerprint density at radius 2 is 1.90 bits per heavy atom. The smallest absolute Gasteiger partial charge is 0.233 e. The zero-order valence-corrected chi connectivity index (χ0v) is 15.8. The van der Waals surface area contributed by atoms with E-state index >= 15 is 0 Å². The molecule has 0 unspecified atom stereocenters. The maximum absolute atomic E-state index is 5.34. The predicted octanol–water partition coefficient (Wildman–Crippen LogP) is 3.23. The van der Waals surface area contributed by atoms with Gasteiger partial charge in [0, 0.05) is 12.6 Å². The van der Waals surface area contributed by atoms with E-state index in [0.29, 0.717) is 41.5 Å². The molecule has 4 aromatic rings. The average Bonchev–Trinajstić information content (AvgIpc) is 3.44. The molecule has 0 amide bonds. The van der Waals surface area contributed by atoms with Crippen LogP contribution < -0.4 is 20.1 Å². The second-order valence-corrected chi connectivity index (χ2v) is 5.94. The predicted molar refractivity (Wildman–Crippen MR) is 106 cm³/mol. The van der Waals surface area contributed by atoms with Crippen molar-refractivity contribution in [2.75, 3.05) is 24.9 Å². The molecule has 0 aliphatic carbocycles. The molecule has 0 aliphatic rings. The summed E-state index contributed by atoms with van der Waals surface area (Å²) in [7, 11) is 3.21. The van der Waals surface area contributed by atoms with Gasteiger partial charge in [-0.1, -0.05) is 6.07 Å². The molecule has 3 heterocycles. The van der Waals surface area contributed by atoms with Gasteiger partial charge in [-0.2, -0.15) is 10.1 Å². The molecule has 0 fully saturated rings. The lowest BCUT2D eigenvalue weighted by molar-refractivity contribution is 0.354. The van der Waals surface area contributed by atoms with Gasteiger partial charge in [-0.3, -0.25) is 5.10 Å². The van der Waals surface area contributed by atoms with E-state index in [1.54, 1.807) is 26.5 Å². The Balaban J connectivity index is 1.41. The van der Waals surface area contributed by atoms with Gasteiger partial charge in [0.25, 0.3) is 0 Å². The maximum atomic E-state index is 5.34. The maximum Gasteiger partial charge on any atom is 0.233 e. The Kier molecular flexibility index (Phi) is 5.23. The van der Waals surface area contributed by atoms with Crippen LogP contribution in [0.5, 0.6) is 11.5 Å². The number of furan rings is 1. The second-order valence-electron chi connectivity index (χ2n) is 5.94. The molecule has 0 bridgehead atoms. The second kappa shape index (κ2) is 8.30. The van der Waals surface area contributed by atoms with Crippen molar-refractivity contribution in [3.8, 4) is 23.0 Å². The van der Waals surface area contributed by atoms with Crippen LogP contribution >= 0.6 is 0 Å². The number of rotatable bonds is 8. The van der Waals surface area contributed by atoms with Crippen molar-refractivity contribution in [2.45, 2.75) is 6.54 Å². The minimum absolute atomic E-state index is 0.368. The number of nitrogens with zero attached hydrogens (tertiary/aromatic N) is 4. The van der Waals surface area contributed by atoms with E-state index in [0.717, 1.165) is 11.3 Å². The van der Waals surface area contributed by atoms with Crippen molar-refractivity contribution < 1.29 is 13.9 Å². The van der Waals surface area contributed by atoms with Gasteiger partial charge >= 0.3 is 0 Å². The number of benzene rings is 1. The highest BCUT2D eigenvalue weighted by molar-refractivity contribution is 5.60. The van der Waals surface area contributed by atoms with Crippen LogP contribution in [0.15, 0.2) is 53.4 Å². The van der Waals surface area contributed by atoms with Crippen LogP contribution in [0.2, 0.25) is 0 Å². The first-order valence-corrected chi connectivity index (χ1v) is 8.75. The van der Waals surface area contributed by atoms with Crippen molar-refractivity contribution in [3.63, 3.8) is 0 Å². The summed E-state index contributed by atoms with van der Waals surface area (Å²) in [6.45, 7) is 0.509. The summed E-state index contributed by atoms with van der Waals surface area (Å²) >= 11 is 0. The highest BCUT2D eigenvalue weighted by Crippen LogP contribution is 2.27. The van der Waals surface area contributed by atoms with Crippen LogP contribution in [0.1, 0.15) is 5.56 Å². The fourth-order valence-corrected chi connectivity index (χ4v) is 2.67. The van der Waals surface area contributed by atoms with Crippen molar-refractivity contribution in [1.82, 2.24) is 25.1 Å². The number of aromatic nitrogens is 5. The Bertz CT molecular complexity index is 1080. The fourth-order valence-electron chi connectivity index (χ4n) is 2.67. The van der Waals surface area contributed by atoms with E-state index in [4.69, 9.17) is 13.9 Å². The molecule has 0 saturated heterocycles. The van der Waals surface area contributed by atoms with E-state index in [1.165, 1.54) is 6.33 Å². The number of nitrogens with one attached hydrogen (secondary N) is 3. The van der Waals surface area contributed by atoms with Crippen molar-refractivity contribution in [2.24, 2.45) is 0 Å². The Morgan fingerprint density at radius 3 is 2.69 bits per heavy atom. The molecule has 0 atom stereocenters. The molecule has 10 nitrogen and oxygen atoms in total. The van der Waals surface area contributed by atoms with Crippen molar-refractivity contribution in [1.29, 1.82) is 0 Å². The number of methoxy groups -OCH3 is 2. The summed E-state index contributed by atoms with van der Waals surface area (Å²) in [6, 6.07) is 11.1. The standard InChI is InChI=1S/C19H19N7O3/c1-27-15-6-5-12(8-16(15)28-2)10-20-18-21-11-22-19(24-18)23-17-9-13(25-26-17)14-4-3-7-29-14/h3-9,11H,10H2,1-2H3,(H3,20,21,22,23,24,25,26). The number of anilines is 3. The third-order valence-corrected chi connectivity index (χ3v) is 4.07. The van der Waals surface area contributed by atoms with Gasteiger partial charge in [0.1, 0.15) is 12.0 Å². The van der Waals surface area contributed by atoms with Gasteiger partial charge in [0.2, 0.25) is 11.9 Å². The molecule has 0 saturated carbocycles. The molecule has 29 heavy (non-hydrogen) atoms. The first-order valence-electron chi connectivity index (χ1n) is 8.75. The molecule has 0 spiro atoms. The highest BCUT2D eigenvalue weighted by atomic mass is 16.5. The SMILES string of the molecule is COc1ccc(CNc2ncnc(Nc3cc(-c4ccco4)[nH]n3)n2)cc1OC. The zero-order valence-electron chi connectivity index (χ0n) is 15.8. The molecule has 10 heteroatoms. The molecular formula is C19H19N7O3. The lowest BCUT2D eigenvalue weighted by Gasteiger charge is -2.10. The number of aromatic amines is 1. The Hall–Kier alpha value is -4.08. The van der Waals surface area contributed by atoms with Crippen LogP contribution in [0.3, 0.4) is 0 Å². The summed E-state index contributed by atoms with van der Waals surface area (Å²) in [6.07, 6.45) is 3.03. The van der Waals surface area contributed by atoms with Gasteiger partial charge < -0.3 is 24.5 Å². The summed E-state index contributed by atoms with van der Waals surface area (Å²) in [4.78, 5) is 12.6. The van der Waals surface area contributed by atoms with Crippen LogP contribution in [0, 0.1) is 0 Å².